The number of aliphatic imine (C=N–C) groups is 1. The molecular weight excluding hydrogens is 455 g/mol. The van der Waals surface area contributed by atoms with E-state index in [1.54, 1.807) is 4.90 Å². The molecule has 2 unspecified atom stereocenters. The van der Waals surface area contributed by atoms with E-state index in [-0.39, 0.29) is 36.1 Å². The minimum absolute atomic E-state index is 0.109. The zero-order valence-electron chi connectivity index (χ0n) is 19.0. The summed E-state index contributed by atoms with van der Waals surface area (Å²) in [5, 5.41) is 9.19. The zero-order valence-corrected chi connectivity index (χ0v) is 19.0. The highest BCUT2D eigenvalue weighted by Gasteiger charge is 2.61. The van der Waals surface area contributed by atoms with E-state index in [0.29, 0.717) is 31.7 Å². The summed E-state index contributed by atoms with van der Waals surface area (Å²) in [6.07, 6.45) is -3.40. The molecule has 1 aliphatic carbocycles. The maximum atomic E-state index is 13.3. The number of imide groups is 1. The van der Waals surface area contributed by atoms with E-state index in [2.05, 4.69) is 4.74 Å². The Hall–Kier alpha value is -2.82. The molecular formula is C23H28F3N3O5. The molecule has 2 heterocycles. The van der Waals surface area contributed by atoms with Crippen LogP contribution in [-0.2, 0) is 4.79 Å². The Kier molecular flexibility index (Phi) is 6.50. The first kappa shape index (κ1) is 24.3. The lowest BCUT2D eigenvalue weighted by Gasteiger charge is -2.43. The first-order valence-corrected chi connectivity index (χ1v) is 11.4. The molecule has 8 nitrogen and oxygen atoms in total. The molecule has 34 heavy (non-hydrogen) atoms. The second-order valence-corrected chi connectivity index (χ2v) is 9.27. The molecule has 4 rings (SSSR count). The van der Waals surface area contributed by atoms with Crippen molar-refractivity contribution in [2.24, 2.45) is 22.2 Å². The number of fused-ring (bicyclic) bond motifs is 2. The number of amides is 3. The van der Waals surface area contributed by atoms with Crippen LogP contribution in [0.5, 0.6) is 11.5 Å². The normalized spacial score (nSPS) is 28.6. The van der Waals surface area contributed by atoms with Crippen LogP contribution in [0, 0.1) is 17.3 Å². The number of carbonyl (C=O) groups excluding carboxylic acids is 2. The molecule has 186 valence electrons. The Bertz CT molecular complexity index is 985. The van der Waals surface area contributed by atoms with Crippen LogP contribution in [0.4, 0.5) is 18.0 Å². The van der Waals surface area contributed by atoms with E-state index in [1.807, 2.05) is 13.8 Å². The first-order valence-electron chi connectivity index (χ1n) is 11.4. The molecule has 1 aromatic carbocycles. The molecule has 0 spiro atoms. The van der Waals surface area contributed by atoms with Crippen molar-refractivity contribution in [2.75, 3.05) is 19.7 Å². The number of benzene rings is 1. The summed E-state index contributed by atoms with van der Waals surface area (Å²) in [4.78, 5) is 33.9. The smallest absolute Gasteiger partial charge is 0.443 e. The molecule has 2 aliphatic heterocycles. The number of urea groups is 1. The predicted molar refractivity (Wildman–Crippen MR) is 115 cm³/mol. The third-order valence-electron chi connectivity index (χ3n) is 6.60. The molecule has 11 heteroatoms. The van der Waals surface area contributed by atoms with Crippen molar-refractivity contribution in [1.29, 1.82) is 0 Å². The fraction of sp³-hybridized carbons (Fsp3) is 0.609. The Labute approximate surface area is 195 Å². The van der Waals surface area contributed by atoms with Gasteiger partial charge in [-0.05, 0) is 43.2 Å². The summed E-state index contributed by atoms with van der Waals surface area (Å²) >= 11 is 0. The lowest BCUT2D eigenvalue weighted by Crippen LogP contribution is -2.61. The monoisotopic (exact) mass is 483 g/mol. The second-order valence-electron chi connectivity index (χ2n) is 9.27. The van der Waals surface area contributed by atoms with Crippen molar-refractivity contribution in [3.05, 3.63) is 24.3 Å². The Morgan fingerprint density at radius 2 is 1.94 bits per heavy atom. The van der Waals surface area contributed by atoms with Crippen molar-refractivity contribution < 1.29 is 37.3 Å². The second kappa shape index (κ2) is 9.09. The van der Waals surface area contributed by atoms with Crippen molar-refractivity contribution in [2.45, 2.75) is 52.1 Å². The van der Waals surface area contributed by atoms with E-state index < -0.39 is 30.2 Å². The third-order valence-corrected chi connectivity index (χ3v) is 6.60. The molecule has 4 atom stereocenters. The molecule has 1 saturated carbocycles. The van der Waals surface area contributed by atoms with Crippen molar-refractivity contribution >= 4 is 17.8 Å². The summed E-state index contributed by atoms with van der Waals surface area (Å²) in [6, 6.07) is 4.75. The zero-order chi connectivity index (χ0) is 24.7. The van der Waals surface area contributed by atoms with Gasteiger partial charge in [0.05, 0.1) is 5.92 Å². The van der Waals surface area contributed by atoms with Crippen molar-refractivity contribution in [3.63, 3.8) is 0 Å². The number of hydrogen-bond acceptors (Lipinski definition) is 6. The molecule has 3 amide bonds. The van der Waals surface area contributed by atoms with Gasteiger partial charge in [-0.15, -0.1) is 13.2 Å². The highest BCUT2D eigenvalue weighted by Crippen LogP contribution is 2.59. The van der Waals surface area contributed by atoms with E-state index >= 15 is 0 Å². The molecule has 0 radical (unpaired) electrons. The number of alkyl halides is 3. The maximum Gasteiger partial charge on any atom is 0.573 e. The minimum Gasteiger partial charge on any atom is -0.443 e. The fourth-order valence-corrected chi connectivity index (χ4v) is 4.86. The van der Waals surface area contributed by atoms with Gasteiger partial charge in [0.25, 0.3) is 0 Å². The molecule has 3 aliphatic rings. The Morgan fingerprint density at radius 3 is 2.62 bits per heavy atom. The average molecular weight is 483 g/mol. The molecule has 1 aromatic rings. The first-order chi connectivity index (χ1) is 16.1. The van der Waals surface area contributed by atoms with Crippen LogP contribution in [0.25, 0.3) is 0 Å². The highest BCUT2D eigenvalue weighted by atomic mass is 19.4. The topological polar surface area (TPSA) is 91.7 Å². The number of nitrogens with zero attached hydrogens (tertiary/aromatic N) is 3. The van der Waals surface area contributed by atoms with E-state index in [9.17, 15) is 27.9 Å². The number of ether oxygens (including phenoxy) is 2. The number of halogens is 3. The van der Waals surface area contributed by atoms with E-state index in [1.165, 1.54) is 23.1 Å². The number of hydrogen-bond donors (Lipinski definition) is 1. The number of aliphatic hydroxyl groups is 1. The van der Waals surface area contributed by atoms with Crippen LogP contribution < -0.4 is 9.47 Å². The van der Waals surface area contributed by atoms with Crippen LogP contribution >= 0.6 is 0 Å². The molecule has 2 fully saturated rings. The van der Waals surface area contributed by atoms with Crippen LogP contribution in [0.1, 0.15) is 39.5 Å². The van der Waals surface area contributed by atoms with Crippen LogP contribution in [0.3, 0.4) is 0 Å². The van der Waals surface area contributed by atoms with Gasteiger partial charge >= 0.3 is 12.4 Å². The summed E-state index contributed by atoms with van der Waals surface area (Å²) in [5.41, 5.74) is -0.269. The van der Waals surface area contributed by atoms with Crippen LogP contribution in [0.15, 0.2) is 29.3 Å². The highest BCUT2D eigenvalue weighted by molar-refractivity contribution is 5.99. The third kappa shape index (κ3) is 4.84. The van der Waals surface area contributed by atoms with Gasteiger partial charge in [-0.1, -0.05) is 19.9 Å². The lowest BCUT2D eigenvalue weighted by atomic mass is 9.87. The molecule has 0 bridgehead atoms. The standard InChI is InChI=1S/C23H28F3N3O5/c1-3-8-28-18-16(20(31)29(21(28)32)9-5-10-30)12-22(2)13-17(22)19(27-18)33-14-6-4-7-15(11-14)34-23(24,25)26/h4,6-7,11,16-18,30H,3,5,8-10,12-13H2,1-2H3/t16?,17-,18?,22+/m0/s1. The minimum atomic E-state index is -4.83. The van der Waals surface area contributed by atoms with Gasteiger partial charge in [0.1, 0.15) is 17.7 Å². The SMILES string of the molecule is CCCN1C(=O)N(CCCO)C(=O)C2C[C@]3(C)C[C@H]3C(Oc3cccc(OC(F)(F)F)c3)=NC21. The van der Waals surface area contributed by atoms with Gasteiger partial charge in [0.2, 0.25) is 5.91 Å². The van der Waals surface area contributed by atoms with E-state index in [4.69, 9.17) is 9.73 Å². The van der Waals surface area contributed by atoms with Crippen LogP contribution in [-0.4, -0.2) is 65.0 Å². The van der Waals surface area contributed by atoms with Gasteiger partial charge in [-0.2, -0.15) is 0 Å². The summed E-state index contributed by atoms with van der Waals surface area (Å²) in [7, 11) is 0. The molecule has 1 N–H and O–H groups in total. The van der Waals surface area contributed by atoms with Gasteiger partial charge in [0, 0.05) is 31.7 Å². The molecule has 0 aromatic heterocycles. The van der Waals surface area contributed by atoms with E-state index in [0.717, 1.165) is 12.5 Å². The maximum absolute atomic E-state index is 13.3. The lowest BCUT2D eigenvalue weighted by molar-refractivity contribution is -0.274. The molecule has 1 saturated heterocycles. The van der Waals surface area contributed by atoms with Crippen LogP contribution in [0.2, 0.25) is 0 Å². The van der Waals surface area contributed by atoms with Crippen molar-refractivity contribution in [3.8, 4) is 11.5 Å². The summed E-state index contributed by atoms with van der Waals surface area (Å²) < 4.78 is 47.8. The quantitative estimate of drug-likeness (QED) is 0.637. The summed E-state index contributed by atoms with van der Waals surface area (Å²) in [5.74, 6) is -0.946. The summed E-state index contributed by atoms with van der Waals surface area (Å²) in [6.45, 7) is 4.33. The van der Waals surface area contributed by atoms with Gasteiger partial charge in [-0.3, -0.25) is 9.69 Å². The number of rotatable bonds is 7. The largest absolute Gasteiger partial charge is 0.573 e. The Morgan fingerprint density at radius 1 is 1.21 bits per heavy atom. The Balaban J connectivity index is 1.65. The van der Waals surface area contributed by atoms with Gasteiger partial charge < -0.3 is 19.5 Å². The fourth-order valence-electron chi connectivity index (χ4n) is 4.86. The number of aliphatic hydroxyl groups excluding tert-OH is 1. The average Bonchev–Trinajstić information content (AvgIpc) is 3.44. The van der Waals surface area contributed by atoms with Gasteiger partial charge in [0.15, 0.2) is 5.90 Å². The number of carbonyl (C=O) groups is 2. The van der Waals surface area contributed by atoms with Gasteiger partial charge in [-0.25, -0.2) is 9.79 Å². The van der Waals surface area contributed by atoms with Crippen molar-refractivity contribution in [1.82, 2.24) is 9.80 Å². The predicted octanol–water partition coefficient (Wildman–Crippen LogP) is 3.79.